The van der Waals surface area contributed by atoms with Gasteiger partial charge in [-0.05, 0) is 6.07 Å². The van der Waals surface area contributed by atoms with Gasteiger partial charge in [-0.15, -0.1) is 0 Å². The number of rotatable bonds is 4. The summed E-state index contributed by atoms with van der Waals surface area (Å²) >= 11 is 0. The highest BCUT2D eigenvalue weighted by atomic mass is 16.5. The number of aromatic amines is 1. The van der Waals surface area contributed by atoms with Crippen LogP contribution in [0.25, 0.3) is 11.4 Å². The number of ether oxygens (including phenoxy) is 3. The molecule has 1 aromatic carbocycles. The van der Waals surface area contributed by atoms with E-state index in [4.69, 9.17) is 14.2 Å². The third-order valence-corrected chi connectivity index (χ3v) is 2.46. The summed E-state index contributed by atoms with van der Waals surface area (Å²) in [7, 11) is 4.79. The molecule has 0 bridgehead atoms. The zero-order valence-electron chi connectivity index (χ0n) is 9.98. The Kier molecular flexibility index (Phi) is 3.18. The largest absolute Gasteiger partial charge is 0.496 e. The predicted molar refractivity (Wildman–Crippen MR) is 63.7 cm³/mol. The number of benzene rings is 1. The molecule has 0 unspecified atom stereocenters. The summed E-state index contributed by atoms with van der Waals surface area (Å²) in [4.78, 5) is 7.22. The van der Waals surface area contributed by atoms with Crippen LogP contribution in [0.2, 0.25) is 0 Å². The highest BCUT2D eigenvalue weighted by molar-refractivity contribution is 5.69. The van der Waals surface area contributed by atoms with Crippen molar-refractivity contribution in [3.05, 3.63) is 24.5 Å². The van der Waals surface area contributed by atoms with Crippen LogP contribution >= 0.6 is 0 Å². The number of nitrogens with one attached hydrogen (secondary N) is 1. The second kappa shape index (κ2) is 4.78. The molecule has 0 atom stereocenters. The van der Waals surface area contributed by atoms with Crippen molar-refractivity contribution < 1.29 is 14.2 Å². The molecular formula is C12H14N2O3. The molecule has 0 fully saturated rings. The lowest BCUT2D eigenvalue weighted by atomic mass is 10.1. The van der Waals surface area contributed by atoms with E-state index in [9.17, 15) is 0 Å². The van der Waals surface area contributed by atoms with E-state index < -0.39 is 0 Å². The summed E-state index contributed by atoms with van der Waals surface area (Å²) in [6.45, 7) is 0. The van der Waals surface area contributed by atoms with Crippen LogP contribution in [0, 0.1) is 0 Å². The molecule has 0 spiro atoms. The van der Waals surface area contributed by atoms with E-state index in [1.165, 1.54) is 0 Å². The lowest BCUT2D eigenvalue weighted by Crippen LogP contribution is -1.95. The lowest BCUT2D eigenvalue weighted by Gasteiger charge is -2.12. The first-order valence-electron chi connectivity index (χ1n) is 5.10. The highest BCUT2D eigenvalue weighted by Gasteiger charge is 2.14. The van der Waals surface area contributed by atoms with E-state index in [0.29, 0.717) is 17.2 Å². The summed E-state index contributed by atoms with van der Waals surface area (Å²) in [6, 6.07) is 3.60. The molecule has 90 valence electrons. The summed E-state index contributed by atoms with van der Waals surface area (Å²) in [5.41, 5.74) is 0.829. The molecule has 1 heterocycles. The summed E-state index contributed by atoms with van der Waals surface area (Å²) < 4.78 is 15.8. The van der Waals surface area contributed by atoms with E-state index in [1.54, 1.807) is 39.8 Å². The summed E-state index contributed by atoms with van der Waals surface area (Å²) in [6.07, 6.45) is 3.44. The molecule has 0 aliphatic rings. The molecular weight excluding hydrogens is 220 g/mol. The molecule has 5 nitrogen and oxygen atoms in total. The van der Waals surface area contributed by atoms with Gasteiger partial charge >= 0.3 is 0 Å². The van der Waals surface area contributed by atoms with E-state index >= 15 is 0 Å². The van der Waals surface area contributed by atoms with Gasteiger partial charge < -0.3 is 19.2 Å². The Balaban J connectivity index is 2.58. The molecule has 0 saturated carbocycles. The molecule has 1 N–H and O–H groups in total. The predicted octanol–water partition coefficient (Wildman–Crippen LogP) is 2.10. The quantitative estimate of drug-likeness (QED) is 0.880. The van der Waals surface area contributed by atoms with Gasteiger partial charge in [-0.25, -0.2) is 4.98 Å². The zero-order chi connectivity index (χ0) is 12.3. The number of H-pyrrole nitrogens is 1. The van der Waals surface area contributed by atoms with Crippen LogP contribution in [0.15, 0.2) is 24.5 Å². The van der Waals surface area contributed by atoms with Crippen molar-refractivity contribution in [1.29, 1.82) is 0 Å². The normalized spacial score (nSPS) is 10.1. The molecule has 2 rings (SSSR count). The van der Waals surface area contributed by atoms with Gasteiger partial charge in [0, 0.05) is 18.5 Å². The Hall–Kier alpha value is -2.17. The molecule has 1 aromatic heterocycles. The molecule has 5 heteroatoms. The van der Waals surface area contributed by atoms with E-state index in [0.717, 1.165) is 11.4 Å². The van der Waals surface area contributed by atoms with Gasteiger partial charge in [0.05, 0.1) is 26.9 Å². The van der Waals surface area contributed by atoms with Gasteiger partial charge in [0.1, 0.15) is 11.6 Å². The van der Waals surface area contributed by atoms with Gasteiger partial charge in [-0.3, -0.25) is 0 Å². The van der Waals surface area contributed by atoms with Crippen LogP contribution in [0.3, 0.4) is 0 Å². The minimum atomic E-state index is 0.625. The van der Waals surface area contributed by atoms with Gasteiger partial charge in [0.2, 0.25) is 0 Å². The molecule has 0 saturated heterocycles. The number of hydrogen-bond donors (Lipinski definition) is 1. The molecule has 0 amide bonds. The first-order chi connectivity index (χ1) is 8.30. The SMILES string of the molecule is COc1cc(OC)c(-c2ncc[nH]2)cc1OC. The van der Waals surface area contributed by atoms with Crippen LogP contribution in [0.4, 0.5) is 0 Å². The molecule has 0 aliphatic carbocycles. The number of imidazole rings is 1. The van der Waals surface area contributed by atoms with Gasteiger partial charge in [0.15, 0.2) is 11.5 Å². The monoisotopic (exact) mass is 234 g/mol. The van der Waals surface area contributed by atoms with E-state index in [2.05, 4.69) is 9.97 Å². The smallest absolute Gasteiger partial charge is 0.164 e. The van der Waals surface area contributed by atoms with Crippen molar-refractivity contribution in [2.45, 2.75) is 0 Å². The number of methoxy groups -OCH3 is 3. The van der Waals surface area contributed by atoms with Gasteiger partial charge in [-0.1, -0.05) is 0 Å². The Morgan fingerprint density at radius 2 is 1.59 bits per heavy atom. The summed E-state index contributed by atoms with van der Waals surface area (Å²) in [5.74, 6) is 2.67. The fourth-order valence-electron chi connectivity index (χ4n) is 1.63. The topological polar surface area (TPSA) is 56.4 Å². The highest BCUT2D eigenvalue weighted by Crippen LogP contribution is 2.38. The average molecular weight is 234 g/mol. The third-order valence-electron chi connectivity index (χ3n) is 2.46. The first kappa shape index (κ1) is 11.3. The Morgan fingerprint density at radius 1 is 0.941 bits per heavy atom. The molecule has 0 aliphatic heterocycles. The fraction of sp³-hybridized carbons (Fsp3) is 0.250. The van der Waals surface area contributed by atoms with Crippen molar-refractivity contribution in [3.63, 3.8) is 0 Å². The van der Waals surface area contributed by atoms with Crippen LogP contribution in [0.5, 0.6) is 17.2 Å². The molecule has 17 heavy (non-hydrogen) atoms. The van der Waals surface area contributed by atoms with E-state index in [-0.39, 0.29) is 0 Å². The van der Waals surface area contributed by atoms with Crippen molar-refractivity contribution in [2.24, 2.45) is 0 Å². The van der Waals surface area contributed by atoms with Crippen molar-refractivity contribution in [1.82, 2.24) is 9.97 Å². The maximum atomic E-state index is 5.32. The number of hydrogen-bond acceptors (Lipinski definition) is 4. The first-order valence-corrected chi connectivity index (χ1v) is 5.10. The van der Waals surface area contributed by atoms with Crippen LogP contribution < -0.4 is 14.2 Å². The van der Waals surface area contributed by atoms with Crippen LogP contribution in [0.1, 0.15) is 0 Å². The Labute approximate surface area is 99.4 Å². The summed E-state index contributed by atoms with van der Waals surface area (Å²) in [5, 5.41) is 0. The van der Waals surface area contributed by atoms with Crippen LogP contribution in [-0.2, 0) is 0 Å². The maximum Gasteiger partial charge on any atom is 0.164 e. The molecule has 0 radical (unpaired) electrons. The molecule has 2 aromatic rings. The minimum Gasteiger partial charge on any atom is -0.496 e. The van der Waals surface area contributed by atoms with Crippen molar-refractivity contribution in [2.75, 3.05) is 21.3 Å². The van der Waals surface area contributed by atoms with Gasteiger partial charge in [0.25, 0.3) is 0 Å². The standard InChI is InChI=1S/C12H14N2O3/c1-15-9-7-11(17-3)10(16-2)6-8(9)12-13-4-5-14-12/h4-7H,1-3H3,(H,13,14). The second-order valence-corrected chi connectivity index (χ2v) is 3.35. The zero-order valence-corrected chi connectivity index (χ0v) is 9.98. The number of nitrogens with zero attached hydrogens (tertiary/aromatic N) is 1. The fourth-order valence-corrected chi connectivity index (χ4v) is 1.63. The minimum absolute atomic E-state index is 0.625. The Bertz CT molecular complexity index is 495. The van der Waals surface area contributed by atoms with Crippen molar-refractivity contribution >= 4 is 0 Å². The lowest BCUT2D eigenvalue weighted by molar-refractivity contribution is 0.349. The third kappa shape index (κ3) is 2.04. The number of aromatic nitrogens is 2. The van der Waals surface area contributed by atoms with Crippen molar-refractivity contribution in [3.8, 4) is 28.6 Å². The maximum absolute atomic E-state index is 5.32. The van der Waals surface area contributed by atoms with Gasteiger partial charge in [-0.2, -0.15) is 0 Å². The van der Waals surface area contributed by atoms with E-state index in [1.807, 2.05) is 6.07 Å². The Morgan fingerprint density at radius 3 is 2.12 bits per heavy atom. The average Bonchev–Trinajstić information content (AvgIpc) is 2.90. The van der Waals surface area contributed by atoms with Crippen LogP contribution in [-0.4, -0.2) is 31.3 Å². The second-order valence-electron chi connectivity index (χ2n) is 3.35.